The van der Waals surface area contributed by atoms with Crippen LogP contribution in [0, 0.1) is 0 Å². The number of fused-ring (bicyclic) bond motifs is 1. The smallest absolute Gasteiger partial charge is 0.262 e. The Hall–Kier alpha value is -2.26. The Balaban J connectivity index is 2.49. The van der Waals surface area contributed by atoms with Gasteiger partial charge in [0, 0.05) is 17.5 Å². The molecule has 0 fully saturated rings. The van der Waals surface area contributed by atoms with Gasteiger partial charge >= 0.3 is 0 Å². The minimum absolute atomic E-state index is 0.104. The predicted molar refractivity (Wildman–Crippen MR) is 86.2 cm³/mol. The van der Waals surface area contributed by atoms with E-state index in [0.717, 1.165) is 16.5 Å². The minimum Gasteiger partial charge on any atom is -0.495 e. The largest absolute Gasteiger partial charge is 0.495 e. The third kappa shape index (κ3) is 2.20. The summed E-state index contributed by atoms with van der Waals surface area (Å²) in [6.45, 7) is 0. The molecule has 0 aliphatic carbocycles. The summed E-state index contributed by atoms with van der Waals surface area (Å²) in [5.41, 5.74) is 2.05. The Morgan fingerprint density at radius 2 is 1.81 bits per heavy atom. The standard InChI is InChI=1S/C17H14ClNO2/c1-19-14-10-12(18)8-9-13(14)16(21-2)15(17(19)20)11-6-4-3-5-7-11/h3-10H,1-2H3. The lowest BCUT2D eigenvalue weighted by Gasteiger charge is -2.15. The molecule has 0 saturated carbocycles. The third-order valence-corrected chi connectivity index (χ3v) is 3.81. The molecule has 0 amide bonds. The van der Waals surface area contributed by atoms with E-state index in [9.17, 15) is 4.79 Å². The van der Waals surface area contributed by atoms with E-state index in [4.69, 9.17) is 16.3 Å². The lowest BCUT2D eigenvalue weighted by Crippen LogP contribution is -2.20. The molecule has 1 aromatic heterocycles. The SMILES string of the molecule is COc1c(-c2ccccc2)c(=O)n(C)c2cc(Cl)ccc12. The van der Waals surface area contributed by atoms with E-state index in [-0.39, 0.29) is 5.56 Å². The molecule has 0 atom stereocenters. The molecule has 21 heavy (non-hydrogen) atoms. The van der Waals surface area contributed by atoms with Crippen molar-refractivity contribution in [1.29, 1.82) is 0 Å². The maximum Gasteiger partial charge on any atom is 0.262 e. The first-order valence-electron chi connectivity index (χ1n) is 6.55. The van der Waals surface area contributed by atoms with Crippen LogP contribution >= 0.6 is 11.6 Å². The summed E-state index contributed by atoms with van der Waals surface area (Å²) in [5, 5.41) is 1.45. The molecule has 0 bridgehead atoms. The summed E-state index contributed by atoms with van der Waals surface area (Å²) in [7, 11) is 3.32. The maximum absolute atomic E-state index is 12.7. The second-order valence-corrected chi connectivity index (χ2v) is 5.24. The van der Waals surface area contributed by atoms with Crippen LogP contribution in [0.15, 0.2) is 53.3 Å². The van der Waals surface area contributed by atoms with Crippen molar-refractivity contribution >= 4 is 22.5 Å². The average Bonchev–Trinajstić information content (AvgIpc) is 2.51. The van der Waals surface area contributed by atoms with Crippen molar-refractivity contribution in [1.82, 2.24) is 4.57 Å². The van der Waals surface area contributed by atoms with Crippen LogP contribution in [-0.2, 0) is 7.05 Å². The Morgan fingerprint density at radius 3 is 2.48 bits per heavy atom. The molecule has 0 aliphatic rings. The van der Waals surface area contributed by atoms with Gasteiger partial charge in [-0.15, -0.1) is 0 Å². The quantitative estimate of drug-likeness (QED) is 0.719. The number of hydrogen-bond acceptors (Lipinski definition) is 2. The van der Waals surface area contributed by atoms with Gasteiger partial charge in [0.1, 0.15) is 5.75 Å². The zero-order valence-electron chi connectivity index (χ0n) is 11.8. The molecule has 106 valence electrons. The molecule has 0 aliphatic heterocycles. The van der Waals surface area contributed by atoms with Crippen molar-refractivity contribution in [2.75, 3.05) is 7.11 Å². The van der Waals surface area contributed by atoms with Crippen molar-refractivity contribution in [3.63, 3.8) is 0 Å². The highest BCUT2D eigenvalue weighted by Crippen LogP contribution is 2.34. The van der Waals surface area contributed by atoms with Gasteiger partial charge in [0.15, 0.2) is 0 Å². The number of methoxy groups -OCH3 is 1. The van der Waals surface area contributed by atoms with Crippen LogP contribution in [0.25, 0.3) is 22.0 Å². The summed E-state index contributed by atoms with van der Waals surface area (Å²) < 4.78 is 7.14. The normalized spacial score (nSPS) is 10.8. The van der Waals surface area contributed by atoms with E-state index >= 15 is 0 Å². The van der Waals surface area contributed by atoms with Gasteiger partial charge in [-0.3, -0.25) is 4.79 Å². The fourth-order valence-electron chi connectivity index (χ4n) is 2.55. The van der Waals surface area contributed by atoms with Crippen molar-refractivity contribution in [3.05, 3.63) is 63.9 Å². The van der Waals surface area contributed by atoms with Crippen LogP contribution in [-0.4, -0.2) is 11.7 Å². The molecule has 0 saturated heterocycles. The van der Waals surface area contributed by atoms with Gasteiger partial charge in [-0.25, -0.2) is 0 Å². The summed E-state index contributed by atoms with van der Waals surface area (Å²) in [6.07, 6.45) is 0. The Bertz CT molecular complexity index is 869. The molecule has 4 heteroatoms. The molecule has 0 radical (unpaired) electrons. The Labute approximate surface area is 127 Å². The first-order valence-corrected chi connectivity index (χ1v) is 6.93. The molecule has 2 aromatic carbocycles. The van der Waals surface area contributed by atoms with Crippen LogP contribution in [0.1, 0.15) is 0 Å². The van der Waals surface area contributed by atoms with Crippen LogP contribution < -0.4 is 10.3 Å². The predicted octanol–water partition coefficient (Wildman–Crippen LogP) is 3.87. The lowest BCUT2D eigenvalue weighted by atomic mass is 10.0. The van der Waals surface area contributed by atoms with Crippen LogP contribution in [0.3, 0.4) is 0 Å². The first-order chi connectivity index (χ1) is 10.1. The highest BCUT2D eigenvalue weighted by Gasteiger charge is 2.17. The summed E-state index contributed by atoms with van der Waals surface area (Å²) in [4.78, 5) is 12.7. The first kappa shape index (κ1) is 13.7. The summed E-state index contributed by atoms with van der Waals surface area (Å²) >= 11 is 6.04. The van der Waals surface area contributed by atoms with Gasteiger partial charge in [0.2, 0.25) is 0 Å². The fraction of sp³-hybridized carbons (Fsp3) is 0.118. The number of aryl methyl sites for hydroxylation is 1. The third-order valence-electron chi connectivity index (χ3n) is 3.58. The van der Waals surface area contributed by atoms with Gasteiger partial charge in [-0.1, -0.05) is 41.9 Å². The second kappa shape index (κ2) is 5.26. The van der Waals surface area contributed by atoms with Gasteiger partial charge < -0.3 is 9.30 Å². The van der Waals surface area contributed by atoms with Crippen molar-refractivity contribution in [3.8, 4) is 16.9 Å². The van der Waals surface area contributed by atoms with Gasteiger partial charge in [-0.05, 0) is 23.8 Å². The molecule has 0 spiro atoms. The van der Waals surface area contributed by atoms with Crippen LogP contribution in [0.2, 0.25) is 5.02 Å². The maximum atomic E-state index is 12.7. The fourth-order valence-corrected chi connectivity index (χ4v) is 2.72. The Morgan fingerprint density at radius 1 is 1.10 bits per heavy atom. The summed E-state index contributed by atoms with van der Waals surface area (Å²) in [6, 6.07) is 15.0. The van der Waals surface area contributed by atoms with Gasteiger partial charge in [-0.2, -0.15) is 0 Å². The Kier molecular flexibility index (Phi) is 3.43. The zero-order chi connectivity index (χ0) is 15.0. The van der Waals surface area contributed by atoms with E-state index in [1.54, 1.807) is 30.9 Å². The van der Waals surface area contributed by atoms with Gasteiger partial charge in [0.25, 0.3) is 5.56 Å². The number of ether oxygens (including phenoxy) is 1. The zero-order valence-corrected chi connectivity index (χ0v) is 12.5. The van der Waals surface area contributed by atoms with Crippen molar-refractivity contribution in [2.24, 2.45) is 7.05 Å². The van der Waals surface area contributed by atoms with Crippen LogP contribution in [0.4, 0.5) is 0 Å². The average molecular weight is 300 g/mol. The van der Waals surface area contributed by atoms with Crippen molar-refractivity contribution < 1.29 is 4.74 Å². The minimum atomic E-state index is -0.104. The lowest BCUT2D eigenvalue weighted by molar-refractivity contribution is 0.420. The van der Waals surface area contributed by atoms with E-state index in [0.29, 0.717) is 16.3 Å². The number of halogens is 1. The second-order valence-electron chi connectivity index (χ2n) is 4.80. The van der Waals surface area contributed by atoms with E-state index in [1.807, 2.05) is 36.4 Å². The van der Waals surface area contributed by atoms with Crippen molar-refractivity contribution in [2.45, 2.75) is 0 Å². The highest BCUT2D eigenvalue weighted by atomic mass is 35.5. The van der Waals surface area contributed by atoms with E-state index in [2.05, 4.69) is 0 Å². The topological polar surface area (TPSA) is 31.2 Å². The highest BCUT2D eigenvalue weighted by molar-refractivity contribution is 6.31. The van der Waals surface area contributed by atoms with Gasteiger partial charge in [0.05, 0.1) is 18.2 Å². The number of nitrogens with zero attached hydrogens (tertiary/aromatic N) is 1. The number of hydrogen-bond donors (Lipinski definition) is 0. The van der Waals surface area contributed by atoms with E-state index in [1.165, 1.54) is 0 Å². The number of pyridine rings is 1. The molecule has 3 rings (SSSR count). The molecule has 1 heterocycles. The number of rotatable bonds is 2. The van der Waals surface area contributed by atoms with Crippen LogP contribution in [0.5, 0.6) is 5.75 Å². The number of aromatic nitrogens is 1. The molecule has 0 N–H and O–H groups in total. The van der Waals surface area contributed by atoms with E-state index < -0.39 is 0 Å². The molecule has 0 unspecified atom stereocenters. The molecule has 3 aromatic rings. The number of benzene rings is 2. The molecular formula is C17H14ClNO2. The monoisotopic (exact) mass is 299 g/mol. The molecule has 3 nitrogen and oxygen atoms in total. The molecular weight excluding hydrogens is 286 g/mol. The summed E-state index contributed by atoms with van der Waals surface area (Å²) in [5.74, 6) is 0.580.